The van der Waals surface area contributed by atoms with Crippen LogP contribution in [0.1, 0.15) is 316 Å². The van der Waals surface area contributed by atoms with Crippen molar-refractivity contribution < 1.29 is 58.2 Å². The predicted molar refractivity (Wildman–Crippen MR) is 313 cm³/mol. The molecule has 12 nitrogen and oxygen atoms in total. The van der Waals surface area contributed by atoms with E-state index in [9.17, 15) is 34.5 Å². The van der Waals surface area contributed by atoms with Crippen LogP contribution in [0.5, 0.6) is 0 Å². The zero-order valence-electron chi connectivity index (χ0n) is 49.7. The second kappa shape index (κ2) is 53.8. The number of aliphatic hydroxyl groups is 2. The lowest BCUT2D eigenvalue weighted by molar-refractivity contribution is -0.301. The van der Waals surface area contributed by atoms with E-state index < -0.39 is 67.3 Å². The summed E-state index contributed by atoms with van der Waals surface area (Å²) in [7, 11) is 0. The first-order valence-corrected chi connectivity index (χ1v) is 32.3. The lowest BCUT2D eigenvalue weighted by Gasteiger charge is -2.40. The Balaban J connectivity index is 2.63. The van der Waals surface area contributed by atoms with E-state index in [0.717, 1.165) is 89.9 Å². The highest BCUT2D eigenvalue weighted by Gasteiger charge is 2.50. The Hall–Kier alpha value is -2.80. The monoisotopic (exact) mass is 1090 g/mol. The molecule has 77 heavy (non-hydrogen) atoms. The summed E-state index contributed by atoms with van der Waals surface area (Å²) in [6.07, 6.45) is 49.9. The van der Waals surface area contributed by atoms with Crippen molar-refractivity contribution in [3.05, 3.63) is 24.3 Å². The number of carboxylic acids is 1. The molecule has 0 aromatic carbocycles. The van der Waals surface area contributed by atoms with Crippen molar-refractivity contribution in [1.82, 2.24) is 0 Å². The van der Waals surface area contributed by atoms with Gasteiger partial charge in [-0.05, 0) is 70.6 Å². The van der Waals surface area contributed by atoms with Gasteiger partial charge in [0.1, 0.15) is 18.8 Å². The minimum atomic E-state index is -1.90. The van der Waals surface area contributed by atoms with E-state index in [4.69, 9.17) is 23.7 Å². The average Bonchev–Trinajstić information content (AvgIpc) is 3.42. The first-order chi connectivity index (χ1) is 37.6. The highest BCUT2D eigenvalue weighted by atomic mass is 16.7. The summed E-state index contributed by atoms with van der Waals surface area (Å²) in [5, 5.41) is 31.6. The molecule has 450 valence electrons. The molecule has 1 rings (SSSR count). The van der Waals surface area contributed by atoms with E-state index in [1.807, 2.05) is 0 Å². The Morgan fingerprint density at radius 3 is 1.10 bits per heavy atom. The molecule has 0 aromatic heterocycles. The van der Waals surface area contributed by atoms with Crippen molar-refractivity contribution in [3.8, 4) is 0 Å². The molecule has 1 saturated heterocycles. The highest BCUT2D eigenvalue weighted by molar-refractivity contribution is 5.74. The lowest BCUT2D eigenvalue weighted by Crippen LogP contribution is -2.61. The maximum atomic E-state index is 13.2. The van der Waals surface area contributed by atoms with E-state index in [-0.39, 0.29) is 25.9 Å². The van der Waals surface area contributed by atoms with Crippen LogP contribution in [-0.4, -0.2) is 89.2 Å². The maximum absolute atomic E-state index is 13.2. The molecule has 1 heterocycles. The number of hydrogen-bond donors (Lipinski definition) is 3. The maximum Gasteiger partial charge on any atom is 0.335 e. The van der Waals surface area contributed by atoms with Gasteiger partial charge in [0.2, 0.25) is 0 Å². The van der Waals surface area contributed by atoms with Crippen molar-refractivity contribution in [2.24, 2.45) is 0 Å². The van der Waals surface area contributed by atoms with Crippen LogP contribution in [-0.2, 0) is 42.9 Å². The predicted octanol–water partition coefficient (Wildman–Crippen LogP) is 17.0. The SMILES string of the molecule is CCCCCCCC/C=C\CCCCCCCCCCCC(=O)OC1C(OCC(COC(=O)CCCCCCC/C=C\CCCCCCCC)OC(=O)CCCCCCCCCCCCCCC)OC(C(=O)O)C(O)C1O. The third-order valence-electron chi connectivity index (χ3n) is 15.0. The molecule has 0 radical (unpaired) electrons. The molecule has 0 spiro atoms. The zero-order chi connectivity index (χ0) is 56.1. The van der Waals surface area contributed by atoms with Gasteiger partial charge in [-0.1, -0.05) is 251 Å². The number of esters is 3. The quantitative estimate of drug-likeness (QED) is 0.0228. The number of hydrogen-bond acceptors (Lipinski definition) is 11. The Labute approximate surface area is 470 Å². The van der Waals surface area contributed by atoms with Crippen LogP contribution >= 0.6 is 0 Å². The van der Waals surface area contributed by atoms with Crippen molar-refractivity contribution >= 4 is 23.9 Å². The summed E-state index contributed by atoms with van der Waals surface area (Å²) < 4.78 is 28.5. The molecule has 1 fully saturated rings. The number of carbonyl (C=O) groups excluding carboxylic acids is 3. The Kier molecular flexibility index (Phi) is 50.5. The summed E-state index contributed by atoms with van der Waals surface area (Å²) in [6.45, 7) is 6.02. The number of unbranched alkanes of at least 4 members (excludes halogenated alkanes) is 38. The molecule has 0 bridgehead atoms. The Bertz CT molecular complexity index is 1430. The van der Waals surface area contributed by atoms with Crippen LogP contribution in [0.25, 0.3) is 0 Å². The van der Waals surface area contributed by atoms with Crippen LogP contribution in [0.15, 0.2) is 24.3 Å². The summed E-state index contributed by atoms with van der Waals surface area (Å²) in [4.78, 5) is 51.2. The van der Waals surface area contributed by atoms with Crippen molar-refractivity contribution in [2.45, 2.75) is 353 Å². The topological polar surface area (TPSA) is 175 Å². The summed E-state index contributed by atoms with van der Waals surface area (Å²) >= 11 is 0. The van der Waals surface area contributed by atoms with E-state index in [1.165, 1.54) is 167 Å². The van der Waals surface area contributed by atoms with Gasteiger partial charge in [-0.15, -0.1) is 0 Å². The van der Waals surface area contributed by atoms with E-state index in [0.29, 0.717) is 19.3 Å². The molecule has 1 aliphatic heterocycles. The number of rotatable bonds is 56. The summed E-state index contributed by atoms with van der Waals surface area (Å²) in [6, 6.07) is 0. The van der Waals surface area contributed by atoms with Gasteiger partial charge < -0.3 is 39.0 Å². The van der Waals surface area contributed by atoms with Gasteiger partial charge in [0.25, 0.3) is 0 Å². The van der Waals surface area contributed by atoms with Crippen molar-refractivity contribution in [1.29, 1.82) is 0 Å². The van der Waals surface area contributed by atoms with E-state index in [1.54, 1.807) is 0 Å². The normalized spacial score (nSPS) is 18.1. The number of carbonyl (C=O) groups is 4. The smallest absolute Gasteiger partial charge is 0.335 e. The van der Waals surface area contributed by atoms with Gasteiger partial charge >= 0.3 is 23.9 Å². The Morgan fingerprint density at radius 1 is 0.416 bits per heavy atom. The minimum Gasteiger partial charge on any atom is -0.479 e. The molecule has 6 atom stereocenters. The third kappa shape index (κ3) is 43.7. The van der Waals surface area contributed by atoms with E-state index >= 15 is 0 Å². The Morgan fingerprint density at radius 2 is 0.740 bits per heavy atom. The first kappa shape index (κ1) is 72.2. The van der Waals surface area contributed by atoms with Gasteiger partial charge in [-0.2, -0.15) is 0 Å². The molecule has 12 heteroatoms. The minimum absolute atomic E-state index is 0.0624. The highest BCUT2D eigenvalue weighted by Crippen LogP contribution is 2.27. The fraction of sp³-hybridized carbons (Fsp3) is 0.877. The molecule has 0 saturated carbocycles. The molecular weight excluding hydrogens is 973 g/mol. The molecular formula is C65H118O12. The van der Waals surface area contributed by atoms with Crippen LogP contribution in [0.2, 0.25) is 0 Å². The van der Waals surface area contributed by atoms with Gasteiger partial charge in [-0.25, -0.2) is 4.79 Å². The second-order valence-electron chi connectivity index (χ2n) is 22.4. The zero-order valence-corrected chi connectivity index (χ0v) is 49.7. The summed E-state index contributed by atoms with van der Waals surface area (Å²) in [5.74, 6) is -3.10. The average molecular weight is 1090 g/mol. The molecule has 6 unspecified atom stereocenters. The standard InChI is InChI=1S/C65H118O12/c1-4-7-10-13-16-19-22-25-27-28-29-30-32-35-38-41-44-47-50-53-59(68)76-63-61(70)60(69)62(64(71)72)77-65(63)74-55-56(75-58(67)52-49-46-43-40-37-33-24-21-18-15-12-9-6-3)54-73-57(66)51-48-45-42-39-36-34-31-26-23-20-17-14-11-8-5-2/h25-27,31,56,60-63,65,69-70H,4-24,28-30,32-55H2,1-3H3,(H,71,72)/b27-25-,31-26-. The number of aliphatic carboxylic acids is 1. The fourth-order valence-corrected chi connectivity index (χ4v) is 10.0. The number of carboxylic acid groups (broad SMARTS) is 1. The van der Waals surface area contributed by atoms with Crippen molar-refractivity contribution in [3.63, 3.8) is 0 Å². The van der Waals surface area contributed by atoms with Crippen LogP contribution in [0, 0.1) is 0 Å². The van der Waals surface area contributed by atoms with Gasteiger partial charge in [0.05, 0.1) is 6.61 Å². The second-order valence-corrected chi connectivity index (χ2v) is 22.4. The lowest BCUT2D eigenvalue weighted by atomic mass is 9.98. The van der Waals surface area contributed by atoms with Crippen molar-refractivity contribution in [2.75, 3.05) is 13.2 Å². The van der Waals surface area contributed by atoms with Crippen LogP contribution < -0.4 is 0 Å². The fourth-order valence-electron chi connectivity index (χ4n) is 10.0. The molecule has 1 aliphatic rings. The van der Waals surface area contributed by atoms with Crippen LogP contribution in [0.4, 0.5) is 0 Å². The van der Waals surface area contributed by atoms with Gasteiger partial charge in [-0.3, -0.25) is 14.4 Å². The molecule has 0 aromatic rings. The number of allylic oxidation sites excluding steroid dienone is 4. The largest absolute Gasteiger partial charge is 0.479 e. The van der Waals surface area contributed by atoms with Gasteiger partial charge in [0.15, 0.2) is 24.6 Å². The van der Waals surface area contributed by atoms with Crippen LogP contribution in [0.3, 0.4) is 0 Å². The molecule has 3 N–H and O–H groups in total. The molecule has 0 aliphatic carbocycles. The third-order valence-corrected chi connectivity index (χ3v) is 15.0. The van der Waals surface area contributed by atoms with E-state index in [2.05, 4.69) is 45.1 Å². The number of ether oxygens (including phenoxy) is 5. The summed E-state index contributed by atoms with van der Waals surface area (Å²) in [5.41, 5.74) is 0. The number of aliphatic hydroxyl groups excluding tert-OH is 2. The first-order valence-electron chi connectivity index (χ1n) is 32.3. The van der Waals surface area contributed by atoms with Gasteiger partial charge in [0, 0.05) is 19.3 Å². The molecule has 0 amide bonds.